The summed E-state index contributed by atoms with van der Waals surface area (Å²) in [4.78, 5) is 12.8. The van der Waals surface area contributed by atoms with Crippen molar-refractivity contribution < 1.29 is 14.3 Å². The van der Waals surface area contributed by atoms with Crippen LogP contribution in [-0.4, -0.2) is 19.1 Å². The average Bonchev–Trinajstić information content (AvgIpc) is 3.10. The lowest BCUT2D eigenvalue weighted by Crippen LogP contribution is -2.15. The van der Waals surface area contributed by atoms with E-state index in [0.717, 1.165) is 23.3 Å². The maximum atomic E-state index is 12.8. The van der Waals surface area contributed by atoms with E-state index in [1.165, 1.54) is 0 Å². The monoisotopic (exact) mass is 349 g/mol. The molecule has 2 heterocycles. The van der Waals surface area contributed by atoms with E-state index in [9.17, 15) is 4.79 Å². The first-order chi connectivity index (χ1) is 11.1. The van der Waals surface area contributed by atoms with Crippen molar-refractivity contribution in [2.45, 2.75) is 12.8 Å². The van der Waals surface area contributed by atoms with Crippen molar-refractivity contribution in [3.63, 3.8) is 0 Å². The Morgan fingerprint density at radius 3 is 2.52 bits per heavy atom. The Labute approximate surface area is 143 Å². The predicted octanol–water partition coefficient (Wildman–Crippen LogP) is 4.12. The zero-order valence-corrected chi connectivity index (χ0v) is 13.6. The molecule has 0 radical (unpaired) electrons. The summed E-state index contributed by atoms with van der Waals surface area (Å²) in [7, 11) is 0. The van der Waals surface area contributed by atoms with E-state index in [2.05, 4.69) is 5.32 Å². The molecule has 0 fully saturated rings. The molecule has 0 saturated carbocycles. The number of fused-ring (bicyclic) bond motifs is 2. The highest BCUT2D eigenvalue weighted by atomic mass is 35.5. The molecule has 0 aromatic heterocycles. The number of ether oxygens (including phenoxy) is 2. The minimum Gasteiger partial charge on any atom is -0.493 e. The Bertz CT molecular complexity index is 767. The number of carbonyl (C=O) groups is 1. The molecule has 2 aliphatic heterocycles. The van der Waals surface area contributed by atoms with Crippen LogP contribution in [0.3, 0.4) is 0 Å². The number of anilines is 1. The summed E-state index contributed by atoms with van der Waals surface area (Å²) in [5, 5.41) is 3.79. The van der Waals surface area contributed by atoms with Crippen molar-refractivity contribution in [1.82, 2.24) is 0 Å². The third-order valence-electron chi connectivity index (χ3n) is 4.00. The van der Waals surface area contributed by atoms with E-state index in [4.69, 9.17) is 32.7 Å². The molecular weight excluding hydrogens is 337 g/mol. The fourth-order valence-corrected chi connectivity index (χ4v) is 3.57. The SMILES string of the molecule is O=C(Nc1cc(Cl)cc(Cl)c1)c1c2c(cc3c1OCC3)OCC2. The molecule has 0 spiro atoms. The van der Waals surface area contributed by atoms with Gasteiger partial charge in [-0.1, -0.05) is 23.2 Å². The van der Waals surface area contributed by atoms with Gasteiger partial charge in [0.05, 0.1) is 18.8 Å². The van der Waals surface area contributed by atoms with Gasteiger partial charge in [0, 0.05) is 39.7 Å². The minimum atomic E-state index is -0.233. The quantitative estimate of drug-likeness (QED) is 0.887. The second-order valence-corrected chi connectivity index (χ2v) is 6.40. The van der Waals surface area contributed by atoms with Crippen LogP contribution >= 0.6 is 23.2 Å². The summed E-state index contributed by atoms with van der Waals surface area (Å²) >= 11 is 12.0. The largest absolute Gasteiger partial charge is 0.493 e. The lowest BCUT2D eigenvalue weighted by Gasteiger charge is -2.13. The van der Waals surface area contributed by atoms with E-state index in [-0.39, 0.29) is 5.91 Å². The zero-order valence-electron chi connectivity index (χ0n) is 12.1. The van der Waals surface area contributed by atoms with Gasteiger partial charge in [0.2, 0.25) is 0 Å². The number of carbonyl (C=O) groups excluding carboxylic acids is 1. The highest BCUT2D eigenvalue weighted by Crippen LogP contribution is 2.41. The van der Waals surface area contributed by atoms with Crippen molar-refractivity contribution in [2.24, 2.45) is 0 Å². The molecule has 2 aliphatic rings. The number of benzene rings is 2. The van der Waals surface area contributed by atoms with Gasteiger partial charge >= 0.3 is 0 Å². The Morgan fingerprint density at radius 1 is 1.00 bits per heavy atom. The van der Waals surface area contributed by atoms with Crippen LogP contribution in [0.25, 0.3) is 0 Å². The molecule has 1 amide bonds. The lowest BCUT2D eigenvalue weighted by atomic mass is 9.99. The molecule has 0 saturated heterocycles. The first kappa shape index (κ1) is 14.7. The van der Waals surface area contributed by atoms with E-state index < -0.39 is 0 Å². The molecule has 6 heteroatoms. The van der Waals surface area contributed by atoms with Crippen molar-refractivity contribution in [1.29, 1.82) is 0 Å². The van der Waals surface area contributed by atoms with Crippen molar-refractivity contribution in [3.05, 3.63) is 51.0 Å². The predicted molar refractivity (Wildman–Crippen MR) is 89.3 cm³/mol. The minimum absolute atomic E-state index is 0.233. The summed E-state index contributed by atoms with van der Waals surface area (Å²) in [6.45, 7) is 1.17. The highest BCUT2D eigenvalue weighted by Gasteiger charge is 2.30. The van der Waals surface area contributed by atoms with Crippen LogP contribution in [0.15, 0.2) is 24.3 Å². The fourth-order valence-electron chi connectivity index (χ4n) is 3.05. The van der Waals surface area contributed by atoms with Crippen LogP contribution in [0, 0.1) is 0 Å². The number of hydrogen-bond donors (Lipinski definition) is 1. The molecule has 2 aromatic carbocycles. The van der Waals surface area contributed by atoms with Gasteiger partial charge in [-0.25, -0.2) is 0 Å². The van der Waals surface area contributed by atoms with Crippen LogP contribution in [0.2, 0.25) is 10.0 Å². The van der Waals surface area contributed by atoms with Gasteiger partial charge in [-0.3, -0.25) is 4.79 Å². The molecule has 0 bridgehead atoms. The molecule has 1 N–H and O–H groups in total. The van der Waals surface area contributed by atoms with Crippen LogP contribution in [-0.2, 0) is 12.8 Å². The molecule has 0 aliphatic carbocycles. The van der Waals surface area contributed by atoms with E-state index >= 15 is 0 Å². The van der Waals surface area contributed by atoms with E-state index in [1.807, 2.05) is 6.07 Å². The normalized spacial score (nSPS) is 14.7. The summed E-state index contributed by atoms with van der Waals surface area (Å²) in [5.41, 5.74) is 3.02. The van der Waals surface area contributed by atoms with Crippen LogP contribution < -0.4 is 14.8 Å². The standard InChI is InChI=1S/C17H13Cl2NO3/c18-10-6-11(19)8-12(7-10)20-17(21)15-13-2-4-22-14(13)5-9-1-3-23-16(9)15/h5-8H,1-4H2,(H,20,21). The lowest BCUT2D eigenvalue weighted by molar-refractivity contribution is 0.102. The van der Waals surface area contributed by atoms with Crippen LogP contribution in [0.4, 0.5) is 5.69 Å². The highest BCUT2D eigenvalue weighted by molar-refractivity contribution is 6.35. The van der Waals surface area contributed by atoms with Gasteiger partial charge in [-0.05, 0) is 24.3 Å². The molecule has 4 nitrogen and oxygen atoms in total. The van der Waals surface area contributed by atoms with E-state index in [0.29, 0.717) is 46.7 Å². The second kappa shape index (κ2) is 5.62. The van der Waals surface area contributed by atoms with Gasteiger partial charge < -0.3 is 14.8 Å². The molecule has 118 valence electrons. The Kier molecular flexibility index (Phi) is 3.58. The van der Waals surface area contributed by atoms with Gasteiger partial charge in [0.15, 0.2) is 0 Å². The number of nitrogens with one attached hydrogen (secondary N) is 1. The fraction of sp³-hybridized carbons (Fsp3) is 0.235. The number of amides is 1. The van der Waals surface area contributed by atoms with E-state index in [1.54, 1.807) is 18.2 Å². The smallest absolute Gasteiger partial charge is 0.259 e. The first-order valence-electron chi connectivity index (χ1n) is 7.33. The molecular formula is C17H13Cl2NO3. The molecule has 23 heavy (non-hydrogen) atoms. The third-order valence-corrected chi connectivity index (χ3v) is 4.43. The van der Waals surface area contributed by atoms with Gasteiger partial charge in [0.25, 0.3) is 5.91 Å². The van der Waals surface area contributed by atoms with Crippen LogP contribution in [0.1, 0.15) is 21.5 Å². The summed E-state index contributed by atoms with van der Waals surface area (Å²) in [6, 6.07) is 6.92. The summed E-state index contributed by atoms with van der Waals surface area (Å²) < 4.78 is 11.3. The second-order valence-electron chi connectivity index (χ2n) is 5.53. The van der Waals surface area contributed by atoms with Crippen molar-refractivity contribution in [2.75, 3.05) is 18.5 Å². The average molecular weight is 350 g/mol. The Balaban J connectivity index is 1.74. The molecule has 0 atom stereocenters. The Hall–Kier alpha value is -1.91. The molecule has 4 rings (SSSR count). The van der Waals surface area contributed by atoms with Crippen molar-refractivity contribution in [3.8, 4) is 11.5 Å². The number of hydrogen-bond acceptors (Lipinski definition) is 3. The van der Waals surface area contributed by atoms with Gasteiger partial charge in [-0.15, -0.1) is 0 Å². The zero-order chi connectivity index (χ0) is 16.0. The topological polar surface area (TPSA) is 47.6 Å². The maximum absolute atomic E-state index is 12.8. The van der Waals surface area contributed by atoms with Gasteiger partial charge in [-0.2, -0.15) is 0 Å². The van der Waals surface area contributed by atoms with Crippen molar-refractivity contribution >= 4 is 34.8 Å². The van der Waals surface area contributed by atoms with Gasteiger partial charge in [0.1, 0.15) is 11.5 Å². The molecule has 2 aromatic rings. The number of rotatable bonds is 2. The maximum Gasteiger partial charge on any atom is 0.259 e. The number of halogens is 2. The first-order valence-corrected chi connectivity index (χ1v) is 8.09. The third kappa shape index (κ3) is 2.62. The summed E-state index contributed by atoms with van der Waals surface area (Å²) in [6.07, 6.45) is 1.49. The Morgan fingerprint density at radius 2 is 1.74 bits per heavy atom. The molecule has 0 unspecified atom stereocenters. The van der Waals surface area contributed by atoms with Crippen LogP contribution in [0.5, 0.6) is 11.5 Å². The summed E-state index contributed by atoms with van der Waals surface area (Å²) in [5.74, 6) is 1.22.